The third-order valence-electron chi connectivity index (χ3n) is 2.73. The van der Waals surface area contributed by atoms with E-state index in [2.05, 4.69) is 24.1 Å². The number of non-ortho nitro benzene ring substituents is 1. The van der Waals surface area contributed by atoms with E-state index < -0.39 is 10.8 Å². The van der Waals surface area contributed by atoms with Crippen LogP contribution in [0.25, 0.3) is 0 Å². The summed E-state index contributed by atoms with van der Waals surface area (Å²) in [5, 5.41) is 13.1. The summed E-state index contributed by atoms with van der Waals surface area (Å²) in [4.78, 5) is 26.1. The highest BCUT2D eigenvalue weighted by Crippen LogP contribution is 2.15. The maximum absolute atomic E-state index is 11.9. The van der Waals surface area contributed by atoms with Crippen LogP contribution in [-0.2, 0) is 6.42 Å². The van der Waals surface area contributed by atoms with E-state index in [0.29, 0.717) is 11.5 Å². The first kappa shape index (κ1) is 14.7. The van der Waals surface area contributed by atoms with Crippen molar-refractivity contribution in [3.63, 3.8) is 0 Å². The van der Waals surface area contributed by atoms with E-state index in [-0.39, 0.29) is 11.7 Å². The van der Waals surface area contributed by atoms with Crippen LogP contribution in [0.5, 0.6) is 0 Å². The van der Waals surface area contributed by atoms with Gasteiger partial charge in [-0.25, -0.2) is 0 Å². The van der Waals surface area contributed by atoms with Crippen LogP contribution in [0.3, 0.4) is 0 Å². The van der Waals surface area contributed by atoms with E-state index in [1.165, 1.54) is 30.5 Å². The van der Waals surface area contributed by atoms with Gasteiger partial charge in [0.25, 0.3) is 11.6 Å². The molecule has 1 aromatic heterocycles. The predicted octanol–water partition coefficient (Wildman–Crippen LogP) is 3.03. The fraction of sp³-hybridized carbons (Fsp3) is 0.286. The molecule has 0 aliphatic heterocycles. The second-order valence-electron chi connectivity index (χ2n) is 5.00. The van der Waals surface area contributed by atoms with Crippen molar-refractivity contribution >= 4 is 17.6 Å². The minimum Gasteiger partial charge on any atom is -0.432 e. The van der Waals surface area contributed by atoms with Gasteiger partial charge in [-0.3, -0.25) is 20.2 Å². The van der Waals surface area contributed by atoms with Crippen molar-refractivity contribution < 1.29 is 14.1 Å². The van der Waals surface area contributed by atoms with E-state index in [1.807, 2.05) is 0 Å². The highest BCUT2D eigenvalue weighted by Gasteiger charge is 2.12. The van der Waals surface area contributed by atoms with Gasteiger partial charge in [-0.05, 0) is 24.5 Å². The number of anilines is 1. The number of hydrogen-bond donors (Lipinski definition) is 1. The Balaban J connectivity index is 2.03. The van der Waals surface area contributed by atoms with Crippen LogP contribution in [0.15, 0.2) is 34.9 Å². The number of nitrogens with zero attached hydrogens (tertiary/aromatic N) is 2. The molecule has 7 nitrogen and oxygen atoms in total. The summed E-state index contributed by atoms with van der Waals surface area (Å²) in [5.41, 5.74) is 0.995. The Hall–Kier alpha value is -2.70. The van der Waals surface area contributed by atoms with Crippen LogP contribution in [-0.4, -0.2) is 15.8 Å². The maximum Gasteiger partial charge on any atom is 0.301 e. The monoisotopic (exact) mass is 289 g/mol. The molecular formula is C14H15N3O4. The fourth-order valence-corrected chi connectivity index (χ4v) is 1.78. The lowest BCUT2D eigenvalue weighted by molar-refractivity contribution is -0.384. The minimum absolute atomic E-state index is 0.0677. The van der Waals surface area contributed by atoms with Gasteiger partial charge in [0.2, 0.25) is 0 Å². The molecular weight excluding hydrogens is 274 g/mol. The van der Waals surface area contributed by atoms with Gasteiger partial charge in [-0.15, -0.1) is 0 Å². The van der Waals surface area contributed by atoms with Crippen LogP contribution in [0.4, 0.5) is 11.7 Å². The number of nitro groups is 1. The average Bonchev–Trinajstić information content (AvgIpc) is 2.85. The smallest absolute Gasteiger partial charge is 0.301 e. The molecule has 0 spiro atoms. The first-order valence-corrected chi connectivity index (χ1v) is 6.46. The Labute approximate surface area is 121 Å². The summed E-state index contributed by atoms with van der Waals surface area (Å²) in [7, 11) is 0. The number of carbonyl (C=O) groups excluding carboxylic acids is 1. The maximum atomic E-state index is 11.9. The number of aromatic nitrogens is 1. The largest absolute Gasteiger partial charge is 0.432 e. The Morgan fingerprint density at radius 3 is 2.62 bits per heavy atom. The molecule has 21 heavy (non-hydrogen) atoms. The molecule has 1 amide bonds. The molecule has 0 saturated heterocycles. The molecule has 7 heteroatoms. The van der Waals surface area contributed by atoms with Crippen LogP contribution < -0.4 is 5.32 Å². The lowest BCUT2D eigenvalue weighted by Crippen LogP contribution is -2.12. The standard InChI is InChI=1S/C14H15N3O4/c1-9(2)7-11-8-21-14(15-11)16-13(18)10-3-5-12(6-4-10)17(19)20/h3-6,8-9H,7H2,1-2H3,(H,15,16,18). The van der Waals surface area contributed by atoms with Gasteiger partial charge in [-0.2, -0.15) is 4.98 Å². The molecule has 2 rings (SSSR count). The molecule has 0 saturated carbocycles. The summed E-state index contributed by atoms with van der Waals surface area (Å²) in [6.45, 7) is 4.12. The number of nitrogens with one attached hydrogen (secondary N) is 1. The van der Waals surface area contributed by atoms with Gasteiger partial charge in [0.1, 0.15) is 6.26 Å². The highest BCUT2D eigenvalue weighted by molar-refractivity contribution is 6.03. The average molecular weight is 289 g/mol. The van der Waals surface area contributed by atoms with Gasteiger partial charge >= 0.3 is 6.01 Å². The number of benzene rings is 1. The quantitative estimate of drug-likeness (QED) is 0.673. The summed E-state index contributed by atoms with van der Waals surface area (Å²) in [5.74, 6) is 0.0103. The molecule has 0 radical (unpaired) electrons. The van der Waals surface area contributed by atoms with Gasteiger partial charge in [0.15, 0.2) is 0 Å². The molecule has 2 aromatic rings. The Kier molecular flexibility index (Phi) is 4.32. The second-order valence-corrected chi connectivity index (χ2v) is 5.00. The number of hydrogen-bond acceptors (Lipinski definition) is 5. The van der Waals surface area contributed by atoms with Gasteiger partial charge in [0.05, 0.1) is 10.6 Å². The normalized spacial score (nSPS) is 10.6. The van der Waals surface area contributed by atoms with E-state index in [9.17, 15) is 14.9 Å². The molecule has 0 aliphatic rings. The molecule has 110 valence electrons. The molecule has 1 N–H and O–H groups in total. The number of rotatable bonds is 5. The van der Waals surface area contributed by atoms with E-state index in [0.717, 1.165) is 12.1 Å². The summed E-state index contributed by atoms with van der Waals surface area (Å²) in [6.07, 6.45) is 2.27. The van der Waals surface area contributed by atoms with Crippen LogP contribution >= 0.6 is 0 Å². The Morgan fingerprint density at radius 1 is 1.38 bits per heavy atom. The lowest BCUT2D eigenvalue weighted by atomic mass is 10.1. The van der Waals surface area contributed by atoms with Crippen molar-refractivity contribution in [2.45, 2.75) is 20.3 Å². The first-order chi connectivity index (χ1) is 9.95. The third-order valence-corrected chi connectivity index (χ3v) is 2.73. The molecule has 1 heterocycles. The van der Waals surface area contributed by atoms with Gasteiger partial charge in [0, 0.05) is 17.7 Å². The molecule has 0 bridgehead atoms. The summed E-state index contributed by atoms with van der Waals surface area (Å²) < 4.78 is 5.17. The number of nitro benzene ring substituents is 1. The zero-order chi connectivity index (χ0) is 15.4. The van der Waals surface area contributed by atoms with Crippen LogP contribution in [0.2, 0.25) is 0 Å². The van der Waals surface area contributed by atoms with E-state index in [1.54, 1.807) is 0 Å². The molecule has 0 aliphatic carbocycles. The van der Waals surface area contributed by atoms with Crippen LogP contribution in [0.1, 0.15) is 29.9 Å². The Bertz CT molecular complexity index is 646. The van der Waals surface area contributed by atoms with Crippen molar-refractivity contribution in [2.75, 3.05) is 5.32 Å². The fourth-order valence-electron chi connectivity index (χ4n) is 1.78. The van der Waals surface area contributed by atoms with Crippen molar-refractivity contribution in [1.29, 1.82) is 0 Å². The van der Waals surface area contributed by atoms with Gasteiger partial charge in [-0.1, -0.05) is 13.8 Å². The van der Waals surface area contributed by atoms with Crippen molar-refractivity contribution in [3.8, 4) is 0 Å². The van der Waals surface area contributed by atoms with Gasteiger partial charge < -0.3 is 4.42 Å². The number of carbonyl (C=O) groups is 1. The van der Waals surface area contributed by atoms with Crippen molar-refractivity contribution in [2.24, 2.45) is 5.92 Å². The Morgan fingerprint density at radius 2 is 2.05 bits per heavy atom. The van der Waals surface area contributed by atoms with Crippen LogP contribution in [0, 0.1) is 16.0 Å². The molecule has 0 fully saturated rings. The first-order valence-electron chi connectivity index (χ1n) is 6.46. The lowest BCUT2D eigenvalue weighted by Gasteiger charge is -2.00. The highest BCUT2D eigenvalue weighted by atomic mass is 16.6. The number of oxazole rings is 1. The zero-order valence-corrected chi connectivity index (χ0v) is 11.7. The SMILES string of the molecule is CC(C)Cc1coc(NC(=O)c2ccc([N+](=O)[O-])cc2)n1. The number of amides is 1. The van der Waals surface area contributed by atoms with Crippen molar-refractivity contribution in [1.82, 2.24) is 4.98 Å². The molecule has 0 unspecified atom stereocenters. The van der Waals surface area contributed by atoms with E-state index >= 15 is 0 Å². The summed E-state index contributed by atoms with van der Waals surface area (Å²) in [6, 6.07) is 5.43. The zero-order valence-electron chi connectivity index (χ0n) is 11.7. The topological polar surface area (TPSA) is 98.3 Å². The molecule has 0 atom stereocenters. The van der Waals surface area contributed by atoms with Crippen molar-refractivity contribution in [3.05, 3.63) is 51.9 Å². The predicted molar refractivity (Wildman–Crippen MR) is 76.1 cm³/mol. The molecule has 1 aromatic carbocycles. The van der Waals surface area contributed by atoms with E-state index in [4.69, 9.17) is 4.42 Å². The minimum atomic E-state index is -0.520. The third kappa shape index (κ3) is 3.88. The summed E-state index contributed by atoms with van der Waals surface area (Å²) >= 11 is 0. The second kappa shape index (κ2) is 6.17.